The van der Waals surface area contributed by atoms with Gasteiger partial charge < -0.3 is 5.73 Å². The fourth-order valence-corrected chi connectivity index (χ4v) is 0.969. The molecule has 0 saturated carbocycles. The Balaban J connectivity index is 0. The van der Waals surface area contributed by atoms with Crippen LogP contribution in [0.5, 0.6) is 0 Å². The molecule has 0 heterocycles. The van der Waals surface area contributed by atoms with Gasteiger partial charge in [-0.15, -0.1) is 0 Å². The number of hydrogen-bond acceptors (Lipinski definition) is 1. The quantitative estimate of drug-likeness (QED) is 0.586. The van der Waals surface area contributed by atoms with E-state index < -0.39 is 0 Å². The molecule has 1 aromatic carbocycles. The van der Waals surface area contributed by atoms with Crippen molar-refractivity contribution < 1.29 is 0 Å². The largest absolute Gasteiger partial charge is 0.390 e. The maximum atomic E-state index is 5.12. The van der Waals surface area contributed by atoms with E-state index in [0.717, 1.165) is 0 Å². The zero-order valence-corrected chi connectivity index (χ0v) is 10.6. The van der Waals surface area contributed by atoms with Crippen LogP contribution >= 0.6 is 0 Å². The van der Waals surface area contributed by atoms with Gasteiger partial charge in [0.05, 0.1) is 12.9 Å². The van der Waals surface area contributed by atoms with Crippen LogP contribution in [0.4, 0.5) is 0 Å². The lowest BCUT2D eigenvalue weighted by Crippen LogP contribution is -1.90. The molecule has 15 heavy (non-hydrogen) atoms. The third kappa shape index (κ3) is 9.01. The van der Waals surface area contributed by atoms with Crippen molar-refractivity contribution in [2.75, 3.05) is 0 Å². The molecule has 0 saturated heterocycles. The number of aryl methyl sites for hydroxylation is 1. The van der Waals surface area contributed by atoms with Gasteiger partial charge in [0.25, 0.3) is 0 Å². The molecule has 0 aliphatic rings. The minimum Gasteiger partial charge on any atom is -0.390 e. The van der Waals surface area contributed by atoms with E-state index in [0.29, 0.717) is 6.54 Å². The summed E-state index contributed by atoms with van der Waals surface area (Å²) < 4.78 is 0. The third-order valence-electron chi connectivity index (χ3n) is 1.46. The minimum atomic E-state index is 0.679. The molecular weight excluding hydrogens is 184 g/mol. The van der Waals surface area contributed by atoms with Crippen LogP contribution in [0.15, 0.2) is 29.3 Å². The zero-order valence-electron chi connectivity index (χ0n) is 10.6. The van der Waals surface area contributed by atoms with Gasteiger partial charge in [0.1, 0.15) is 0 Å². The predicted octanol–water partition coefficient (Wildman–Crippen LogP) is 3.53. The molecule has 2 heteroatoms. The summed E-state index contributed by atoms with van der Waals surface area (Å²) in [6.07, 6.45) is 1.34. The van der Waals surface area contributed by atoms with Crippen LogP contribution in [0.25, 0.3) is 0 Å². The molecule has 86 valence electrons. The van der Waals surface area contributed by atoms with Crippen molar-refractivity contribution >= 4 is 6.34 Å². The number of benzene rings is 1. The van der Waals surface area contributed by atoms with Gasteiger partial charge in [-0.2, -0.15) is 0 Å². The summed E-state index contributed by atoms with van der Waals surface area (Å²) >= 11 is 0. The van der Waals surface area contributed by atoms with E-state index in [9.17, 15) is 0 Å². The van der Waals surface area contributed by atoms with E-state index in [-0.39, 0.29) is 0 Å². The smallest absolute Gasteiger partial charge is 0.0801 e. The van der Waals surface area contributed by atoms with Crippen LogP contribution in [0.1, 0.15) is 38.8 Å². The molecule has 0 amide bonds. The van der Waals surface area contributed by atoms with Crippen molar-refractivity contribution in [3.05, 3.63) is 35.4 Å². The standard InChI is InChI=1S/C9H12N2.2C2H6/c1-8-3-2-4-9(5-8)6-11-7-10;2*1-2/h2-5,7H,6H2,1H3,(H2,10,11);2*1-2H3. The fraction of sp³-hybridized carbons (Fsp3) is 0.462. The second-order valence-electron chi connectivity index (χ2n) is 2.48. The van der Waals surface area contributed by atoms with E-state index >= 15 is 0 Å². The average Bonchev–Trinajstić information content (AvgIpc) is 2.32. The van der Waals surface area contributed by atoms with Gasteiger partial charge in [-0.25, -0.2) is 0 Å². The summed E-state index contributed by atoms with van der Waals surface area (Å²) in [5.74, 6) is 0. The Morgan fingerprint density at radius 2 is 1.80 bits per heavy atom. The van der Waals surface area contributed by atoms with Crippen LogP contribution in [0.2, 0.25) is 0 Å². The monoisotopic (exact) mass is 208 g/mol. The van der Waals surface area contributed by atoms with Crippen molar-refractivity contribution in [3.63, 3.8) is 0 Å². The Hall–Kier alpha value is -1.31. The molecular formula is C13H24N2. The Labute approximate surface area is 94.2 Å². The molecule has 1 rings (SSSR count). The first-order chi connectivity index (χ1) is 7.33. The highest BCUT2D eigenvalue weighted by Crippen LogP contribution is 2.04. The predicted molar refractivity (Wildman–Crippen MR) is 70.3 cm³/mol. The summed E-state index contributed by atoms with van der Waals surface area (Å²) in [4.78, 5) is 3.94. The highest BCUT2D eigenvalue weighted by Gasteiger charge is 1.88. The van der Waals surface area contributed by atoms with Gasteiger partial charge in [0.2, 0.25) is 0 Å². The molecule has 0 aliphatic carbocycles. The second kappa shape index (κ2) is 12.7. The second-order valence-corrected chi connectivity index (χ2v) is 2.48. The maximum absolute atomic E-state index is 5.12. The normalized spacial score (nSPS) is 8.60. The molecule has 2 nitrogen and oxygen atoms in total. The maximum Gasteiger partial charge on any atom is 0.0801 e. The lowest BCUT2D eigenvalue weighted by Gasteiger charge is -1.96. The summed E-state index contributed by atoms with van der Waals surface area (Å²) in [5, 5.41) is 0. The highest BCUT2D eigenvalue weighted by molar-refractivity contribution is 5.51. The summed E-state index contributed by atoms with van der Waals surface area (Å²) in [6.45, 7) is 10.7. The highest BCUT2D eigenvalue weighted by atomic mass is 14.8. The molecule has 0 aliphatic heterocycles. The van der Waals surface area contributed by atoms with E-state index in [1.54, 1.807) is 0 Å². The Morgan fingerprint density at radius 3 is 2.27 bits per heavy atom. The zero-order chi connectivity index (χ0) is 12.1. The van der Waals surface area contributed by atoms with Gasteiger partial charge in [-0.1, -0.05) is 57.5 Å². The first-order valence-corrected chi connectivity index (χ1v) is 5.58. The lowest BCUT2D eigenvalue weighted by molar-refractivity contribution is 1.07. The molecule has 0 bridgehead atoms. The molecule has 0 spiro atoms. The first kappa shape index (κ1) is 16.1. The van der Waals surface area contributed by atoms with Gasteiger partial charge in [0.15, 0.2) is 0 Å². The van der Waals surface area contributed by atoms with E-state index in [4.69, 9.17) is 5.73 Å². The van der Waals surface area contributed by atoms with Gasteiger partial charge in [-0.05, 0) is 12.5 Å². The Bertz CT molecular complexity index is 254. The molecule has 0 fully saturated rings. The fourth-order valence-electron chi connectivity index (χ4n) is 0.969. The first-order valence-electron chi connectivity index (χ1n) is 5.58. The van der Waals surface area contributed by atoms with Gasteiger partial charge in [-0.3, -0.25) is 4.99 Å². The third-order valence-corrected chi connectivity index (χ3v) is 1.46. The average molecular weight is 208 g/mol. The van der Waals surface area contributed by atoms with Crippen molar-refractivity contribution in [3.8, 4) is 0 Å². The Kier molecular flexibility index (Phi) is 13.6. The van der Waals surface area contributed by atoms with Crippen LogP contribution in [0, 0.1) is 6.92 Å². The lowest BCUT2D eigenvalue weighted by atomic mass is 10.1. The number of hydrogen-bond donors (Lipinski definition) is 1. The number of nitrogens with zero attached hydrogens (tertiary/aromatic N) is 1. The van der Waals surface area contributed by atoms with Crippen molar-refractivity contribution in [2.24, 2.45) is 10.7 Å². The van der Waals surface area contributed by atoms with Crippen molar-refractivity contribution in [1.82, 2.24) is 0 Å². The van der Waals surface area contributed by atoms with Crippen molar-refractivity contribution in [1.29, 1.82) is 0 Å². The Morgan fingerprint density at radius 1 is 1.20 bits per heavy atom. The van der Waals surface area contributed by atoms with Gasteiger partial charge >= 0.3 is 0 Å². The molecule has 0 unspecified atom stereocenters. The topological polar surface area (TPSA) is 38.4 Å². The van der Waals surface area contributed by atoms with Crippen LogP contribution in [-0.2, 0) is 6.54 Å². The van der Waals surface area contributed by atoms with Crippen LogP contribution in [-0.4, -0.2) is 6.34 Å². The van der Waals surface area contributed by atoms with Crippen LogP contribution < -0.4 is 5.73 Å². The van der Waals surface area contributed by atoms with E-state index in [2.05, 4.69) is 24.0 Å². The van der Waals surface area contributed by atoms with E-state index in [1.165, 1.54) is 17.5 Å². The molecule has 0 radical (unpaired) electrons. The number of aliphatic imine (C=N–C) groups is 1. The van der Waals surface area contributed by atoms with E-state index in [1.807, 2.05) is 39.8 Å². The summed E-state index contributed by atoms with van der Waals surface area (Å²) in [7, 11) is 0. The SMILES string of the molecule is CC.CC.Cc1cccc(CN=CN)c1. The van der Waals surface area contributed by atoms with Crippen LogP contribution in [0.3, 0.4) is 0 Å². The number of nitrogens with two attached hydrogens (primary N) is 1. The molecule has 1 aromatic rings. The molecule has 2 N–H and O–H groups in total. The summed E-state index contributed by atoms with van der Waals surface area (Å²) in [5.41, 5.74) is 7.58. The minimum absolute atomic E-state index is 0.679. The summed E-state index contributed by atoms with van der Waals surface area (Å²) in [6, 6.07) is 8.24. The van der Waals surface area contributed by atoms with Gasteiger partial charge in [0, 0.05) is 0 Å². The van der Waals surface area contributed by atoms with Crippen molar-refractivity contribution in [2.45, 2.75) is 41.2 Å². The molecule has 0 atom stereocenters. The number of rotatable bonds is 2. The molecule has 0 aromatic heterocycles.